The summed E-state index contributed by atoms with van der Waals surface area (Å²) in [6, 6.07) is 57.0. The van der Waals surface area contributed by atoms with Gasteiger partial charge in [-0.2, -0.15) is 0 Å². The van der Waals surface area contributed by atoms with E-state index in [1.165, 1.54) is 27.9 Å². The van der Waals surface area contributed by atoms with Crippen LogP contribution in [0.1, 0.15) is 144 Å². The van der Waals surface area contributed by atoms with Gasteiger partial charge in [0.05, 0.1) is 31.7 Å². The lowest BCUT2D eigenvalue weighted by molar-refractivity contribution is 0.409. The largest absolute Gasteiger partial charge is 0.507 e. The van der Waals surface area contributed by atoms with Crippen LogP contribution in [0.25, 0.3) is 22.3 Å². The summed E-state index contributed by atoms with van der Waals surface area (Å²) in [5, 5.41) is 25.3. The molecule has 0 radical (unpaired) electrons. The van der Waals surface area contributed by atoms with E-state index in [4.69, 9.17) is 17.4 Å². The molecular formula is C66H74N2O4. The Morgan fingerprint density at radius 1 is 0.472 bits per heavy atom. The predicted molar refractivity (Wildman–Crippen MR) is 305 cm³/mol. The van der Waals surface area contributed by atoms with E-state index < -0.39 is 0 Å². The second-order valence-corrected chi connectivity index (χ2v) is 19.9. The number of hydrogen-bond acceptors (Lipinski definition) is 6. The Balaban J connectivity index is 0.000000233. The number of aryl methyl sites for hydroxylation is 2. The summed E-state index contributed by atoms with van der Waals surface area (Å²) in [5.74, 6) is 3.32. The molecule has 0 amide bonds. The van der Waals surface area contributed by atoms with E-state index in [1.807, 2.05) is 60.7 Å². The van der Waals surface area contributed by atoms with Crippen LogP contribution in [0.15, 0.2) is 175 Å². The fourth-order valence-corrected chi connectivity index (χ4v) is 9.69. The van der Waals surface area contributed by atoms with Crippen LogP contribution in [0.4, 0.5) is 11.4 Å². The van der Waals surface area contributed by atoms with Gasteiger partial charge in [0.1, 0.15) is 23.0 Å². The van der Waals surface area contributed by atoms with Crippen LogP contribution in [0.3, 0.4) is 0 Å². The number of methoxy groups -OCH3 is 2. The highest BCUT2D eigenvalue weighted by Gasteiger charge is 2.26. The molecule has 0 heterocycles. The van der Waals surface area contributed by atoms with E-state index in [9.17, 15) is 10.2 Å². The molecule has 0 spiro atoms. The first kappa shape index (κ1) is 50.8. The van der Waals surface area contributed by atoms with Gasteiger partial charge < -0.3 is 25.0 Å². The summed E-state index contributed by atoms with van der Waals surface area (Å²) in [5.41, 5.74) is 17.6. The molecule has 0 aliphatic heterocycles. The van der Waals surface area contributed by atoms with E-state index >= 15 is 0 Å². The second kappa shape index (κ2) is 23.6. The summed E-state index contributed by atoms with van der Waals surface area (Å²) in [7, 11) is 3.39. The monoisotopic (exact) mass is 961 g/mol. The highest BCUT2D eigenvalue weighted by atomic mass is 16.5. The minimum Gasteiger partial charge on any atom is -0.507 e. The Labute approximate surface area is 432 Å². The number of anilines is 1. The van der Waals surface area contributed by atoms with Crippen LogP contribution in [0.2, 0.25) is 0 Å². The molecular weight excluding hydrogens is 885 g/mol. The third-order valence-electron chi connectivity index (χ3n) is 13.3. The number of benzene rings is 8. The third kappa shape index (κ3) is 11.6. The lowest BCUT2D eigenvalue weighted by atomic mass is 9.88. The van der Waals surface area contributed by atoms with E-state index in [2.05, 4.69) is 172 Å². The van der Waals surface area contributed by atoms with Crippen LogP contribution in [-0.2, 0) is 0 Å². The van der Waals surface area contributed by atoms with Crippen molar-refractivity contribution >= 4 is 17.1 Å². The first-order valence-electron chi connectivity index (χ1n) is 26.3. The van der Waals surface area contributed by atoms with Crippen molar-refractivity contribution in [2.24, 2.45) is 4.99 Å². The number of rotatable bonds is 15. The van der Waals surface area contributed by atoms with Crippen molar-refractivity contribution < 1.29 is 22.7 Å². The molecule has 8 rings (SSSR count). The number of nitrogens with one attached hydrogen (secondary N) is 1. The number of ether oxygens (including phenoxy) is 2. The topological polar surface area (TPSA) is 83.3 Å². The molecule has 3 N–H and O–H groups in total. The highest BCUT2D eigenvalue weighted by molar-refractivity contribution is 6.16. The first-order chi connectivity index (χ1) is 35.6. The summed E-state index contributed by atoms with van der Waals surface area (Å²) in [6.45, 7) is 22.0. The van der Waals surface area contributed by atoms with Crippen LogP contribution >= 0.6 is 0 Å². The molecule has 6 nitrogen and oxygen atoms in total. The standard InChI is InChI=1S/C33H37NO2.C33H35NO2.H2/c2*1-21(2)25-16-12-17-26(22(3)4)32(25)34-31(24-13-8-7-9-14-24)29-20-23(5)19-28(33(29)36-6)27-15-10-11-18-30(27)35;/h7-22,31,34-35H,1-6H3;7-22,35H,1-6H3;1H/i;;1+1D. The zero-order chi connectivity index (χ0) is 53.6. The Kier molecular flexibility index (Phi) is 16.6. The first-order valence-corrected chi connectivity index (χ1v) is 25.3. The van der Waals surface area contributed by atoms with Crippen molar-refractivity contribution in [2.75, 3.05) is 19.5 Å². The number of aliphatic imine (C=N–C) groups is 1. The smallest absolute Gasteiger partial charge is 0.136 e. The maximum Gasteiger partial charge on any atom is 0.136 e. The number of hydrogen-bond donors (Lipinski definition) is 3. The molecule has 0 aliphatic rings. The van der Waals surface area contributed by atoms with Gasteiger partial charge in [0.25, 0.3) is 0 Å². The Morgan fingerprint density at radius 3 is 1.38 bits per heavy atom. The SMILES string of the molecule is COc1c(-c2ccccc2O)cc(C)cc1C(Nc1c(C(C)C)cccc1C(C)C)c1ccccc1.COc1c(C(=Nc2c(C(C)C)cccc2C(C)C)c2ccccc2)cc(C)cc1-c1ccccc1O.[2H][2H]. The zero-order valence-electron chi connectivity index (χ0n) is 46.2. The molecule has 0 fully saturated rings. The fraction of sp³-hybridized carbons (Fsp3) is 0.258. The quantitative estimate of drug-likeness (QED) is 0.0892. The Bertz CT molecular complexity index is 3090. The molecule has 8 aromatic rings. The summed E-state index contributed by atoms with van der Waals surface area (Å²) in [4.78, 5) is 5.42. The van der Waals surface area contributed by atoms with E-state index in [0.717, 1.165) is 72.8 Å². The molecule has 372 valence electrons. The van der Waals surface area contributed by atoms with Gasteiger partial charge in [-0.15, -0.1) is 0 Å². The molecule has 6 heteroatoms. The maximum absolute atomic E-state index is 10.7. The van der Waals surface area contributed by atoms with Gasteiger partial charge in [-0.1, -0.05) is 189 Å². The summed E-state index contributed by atoms with van der Waals surface area (Å²) < 4.78 is 22.1. The zero-order valence-corrected chi connectivity index (χ0v) is 44.2. The molecule has 1 atom stereocenters. The molecule has 1 unspecified atom stereocenters. The summed E-state index contributed by atoms with van der Waals surface area (Å²) >= 11 is 0. The minimum atomic E-state index is -0.150. The number of aromatic hydroxyl groups is 2. The molecule has 0 saturated heterocycles. The Morgan fingerprint density at radius 2 is 0.903 bits per heavy atom. The van der Waals surface area contributed by atoms with Crippen molar-refractivity contribution in [1.82, 2.24) is 0 Å². The van der Waals surface area contributed by atoms with Gasteiger partial charge in [-0.05, 0) is 113 Å². The molecule has 0 saturated carbocycles. The maximum atomic E-state index is 10.7. The Hall–Kier alpha value is -7.57. The molecule has 8 aromatic carbocycles. The molecule has 0 bridgehead atoms. The predicted octanol–water partition coefficient (Wildman–Crippen LogP) is 17.9. The summed E-state index contributed by atoms with van der Waals surface area (Å²) in [6.07, 6.45) is 0. The van der Waals surface area contributed by atoms with Gasteiger partial charge in [0.2, 0.25) is 0 Å². The van der Waals surface area contributed by atoms with Gasteiger partial charge in [-0.3, -0.25) is 0 Å². The lowest BCUT2D eigenvalue weighted by Crippen LogP contribution is -2.17. The van der Waals surface area contributed by atoms with Crippen LogP contribution in [0.5, 0.6) is 23.0 Å². The van der Waals surface area contributed by atoms with Gasteiger partial charge >= 0.3 is 0 Å². The lowest BCUT2D eigenvalue weighted by Gasteiger charge is -2.29. The number of nitrogens with zero attached hydrogens (tertiary/aromatic N) is 1. The van der Waals surface area contributed by atoms with Gasteiger partial charge in [-0.25, -0.2) is 4.99 Å². The van der Waals surface area contributed by atoms with E-state index in [-0.39, 0.29) is 17.5 Å². The van der Waals surface area contributed by atoms with Gasteiger partial charge in [0, 0.05) is 47.6 Å². The van der Waals surface area contributed by atoms with Crippen LogP contribution in [-0.4, -0.2) is 30.1 Å². The number of phenols is 2. The highest BCUT2D eigenvalue weighted by Crippen LogP contribution is 2.46. The normalized spacial score (nSPS) is 12.1. The third-order valence-corrected chi connectivity index (χ3v) is 13.3. The minimum absolute atomic E-state index is 0.150. The van der Waals surface area contributed by atoms with Crippen molar-refractivity contribution in [3.63, 3.8) is 0 Å². The average molecular weight is 961 g/mol. The van der Waals surface area contributed by atoms with E-state index in [0.29, 0.717) is 29.4 Å². The van der Waals surface area contributed by atoms with Crippen molar-refractivity contribution in [2.45, 2.75) is 99.0 Å². The van der Waals surface area contributed by atoms with Crippen molar-refractivity contribution in [3.05, 3.63) is 225 Å². The van der Waals surface area contributed by atoms with Crippen molar-refractivity contribution in [3.8, 4) is 45.3 Å². The molecule has 72 heavy (non-hydrogen) atoms. The fourth-order valence-electron chi connectivity index (χ4n) is 9.69. The number of para-hydroxylation sites is 4. The number of phenolic OH excluding ortho intramolecular Hbond substituents is 2. The van der Waals surface area contributed by atoms with Crippen LogP contribution < -0.4 is 14.8 Å². The van der Waals surface area contributed by atoms with Gasteiger partial charge in [0.15, 0.2) is 0 Å². The van der Waals surface area contributed by atoms with Crippen molar-refractivity contribution in [1.29, 1.82) is 0 Å². The average Bonchev–Trinajstić information content (AvgIpc) is 3.40. The van der Waals surface area contributed by atoms with E-state index in [1.54, 1.807) is 26.4 Å². The molecule has 0 aliphatic carbocycles. The van der Waals surface area contributed by atoms with Crippen LogP contribution in [0, 0.1) is 13.8 Å². The molecule has 0 aromatic heterocycles. The second-order valence-electron chi connectivity index (χ2n) is 19.9.